The SMILES string of the molecule is CCC(C)C(C(=O)OCC(=O)N(CC)C1CCS(=O)(=O)C1)c1ccccc1. The standard InChI is InChI=1S/C20H29NO5S/c1-4-15(3)19(16-9-7-6-8-10-16)20(23)26-13-18(22)21(5-2)17-11-12-27(24,25)14-17/h6-10,15,17,19H,4-5,11-14H2,1-3H3. The van der Waals surface area contributed by atoms with Gasteiger partial charge in [0.05, 0.1) is 17.4 Å². The normalized spacial score (nSPS) is 20.6. The van der Waals surface area contributed by atoms with E-state index in [4.69, 9.17) is 4.74 Å². The van der Waals surface area contributed by atoms with Gasteiger partial charge in [0.2, 0.25) is 0 Å². The molecule has 6 nitrogen and oxygen atoms in total. The molecular formula is C20H29NO5S. The van der Waals surface area contributed by atoms with Gasteiger partial charge in [-0.1, -0.05) is 50.6 Å². The van der Waals surface area contributed by atoms with Crippen LogP contribution in [0.15, 0.2) is 30.3 Å². The lowest BCUT2D eigenvalue weighted by Crippen LogP contribution is -2.43. The summed E-state index contributed by atoms with van der Waals surface area (Å²) in [5.74, 6) is -1.02. The number of likely N-dealkylation sites (N-methyl/N-ethyl adjacent to an activating group) is 1. The molecule has 0 radical (unpaired) electrons. The van der Waals surface area contributed by atoms with Crippen molar-refractivity contribution in [3.05, 3.63) is 35.9 Å². The minimum atomic E-state index is -3.08. The molecule has 2 rings (SSSR count). The van der Waals surface area contributed by atoms with E-state index >= 15 is 0 Å². The van der Waals surface area contributed by atoms with E-state index in [2.05, 4.69) is 0 Å². The number of carbonyl (C=O) groups excluding carboxylic acids is 2. The van der Waals surface area contributed by atoms with Crippen molar-refractivity contribution in [2.24, 2.45) is 5.92 Å². The molecule has 3 atom stereocenters. The van der Waals surface area contributed by atoms with Crippen LogP contribution >= 0.6 is 0 Å². The largest absolute Gasteiger partial charge is 0.455 e. The second-order valence-corrected chi connectivity index (χ2v) is 9.35. The lowest BCUT2D eigenvalue weighted by atomic mass is 9.86. The summed E-state index contributed by atoms with van der Waals surface area (Å²) in [6.07, 6.45) is 1.25. The van der Waals surface area contributed by atoms with E-state index in [-0.39, 0.29) is 36.0 Å². The zero-order chi connectivity index (χ0) is 20.0. The molecule has 0 saturated carbocycles. The van der Waals surface area contributed by atoms with Crippen LogP contribution in [0.1, 0.15) is 45.1 Å². The summed E-state index contributed by atoms with van der Waals surface area (Å²) in [6.45, 7) is 5.84. The summed E-state index contributed by atoms with van der Waals surface area (Å²) in [7, 11) is -3.08. The van der Waals surface area contributed by atoms with Crippen LogP contribution in [0.5, 0.6) is 0 Å². The van der Waals surface area contributed by atoms with Gasteiger partial charge in [-0.3, -0.25) is 9.59 Å². The minimum absolute atomic E-state index is 0.0139. The Morgan fingerprint density at radius 1 is 1.22 bits per heavy atom. The van der Waals surface area contributed by atoms with E-state index in [1.165, 1.54) is 4.90 Å². The highest BCUT2D eigenvalue weighted by molar-refractivity contribution is 7.91. The molecule has 1 aliphatic rings. The molecule has 1 fully saturated rings. The molecule has 0 aliphatic carbocycles. The molecule has 0 bridgehead atoms. The average Bonchev–Trinajstić information content (AvgIpc) is 3.01. The van der Waals surface area contributed by atoms with Crippen molar-refractivity contribution in [3.8, 4) is 0 Å². The summed E-state index contributed by atoms with van der Waals surface area (Å²) in [5, 5.41) is 0. The van der Waals surface area contributed by atoms with Crippen LogP contribution < -0.4 is 0 Å². The number of nitrogens with zero attached hydrogens (tertiary/aromatic N) is 1. The quantitative estimate of drug-likeness (QED) is 0.632. The topological polar surface area (TPSA) is 80.8 Å². The van der Waals surface area contributed by atoms with Gasteiger partial charge >= 0.3 is 5.97 Å². The maximum atomic E-state index is 12.7. The Bertz CT molecular complexity index is 747. The molecule has 3 unspecified atom stereocenters. The number of rotatable bonds is 8. The Morgan fingerprint density at radius 3 is 2.41 bits per heavy atom. The van der Waals surface area contributed by atoms with Gasteiger partial charge in [-0.25, -0.2) is 8.42 Å². The van der Waals surface area contributed by atoms with Crippen molar-refractivity contribution >= 4 is 21.7 Å². The van der Waals surface area contributed by atoms with Crippen molar-refractivity contribution in [1.29, 1.82) is 0 Å². The van der Waals surface area contributed by atoms with E-state index in [1.807, 2.05) is 44.2 Å². The summed E-state index contributed by atoms with van der Waals surface area (Å²) >= 11 is 0. The van der Waals surface area contributed by atoms with Crippen LogP contribution in [0.2, 0.25) is 0 Å². The number of benzene rings is 1. The third kappa shape index (κ3) is 5.54. The Kier molecular flexibility index (Phi) is 7.41. The van der Waals surface area contributed by atoms with E-state index in [0.717, 1.165) is 12.0 Å². The molecular weight excluding hydrogens is 366 g/mol. The third-order valence-corrected chi connectivity index (χ3v) is 7.02. The molecule has 1 aromatic rings. The fourth-order valence-corrected chi connectivity index (χ4v) is 5.29. The molecule has 1 heterocycles. The van der Waals surface area contributed by atoms with Gasteiger partial charge in [0.25, 0.3) is 5.91 Å². The first-order chi connectivity index (χ1) is 12.8. The highest BCUT2D eigenvalue weighted by Gasteiger charge is 2.34. The first-order valence-electron chi connectivity index (χ1n) is 9.50. The van der Waals surface area contributed by atoms with Gasteiger partial charge < -0.3 is 9.64 Å². The number of amides is 1. The zero-order valence-electron chi connectivity index (χ0n) is 16.3. The van der Waals surface area contributed by atoms with Crippen LogP contribution in [-0.4, -0.2) is 55.9 Å². The van der Waals surface area contributed by atoms with Crippen molar-refractivity contribution in [2.45, 2.75) is 45.6 Å². The molecule has 0 N–H and O–H groups in total. The van der Waals surface area contributed by atoms with Gasteiger partial charge in [-0.05, 0) is 24.8 Å². The van der Waals surface area contributed by atoms with E-state index in [9.17, 15) is 18.0 Å². The van der Waals surface area contributed by atoms with Gasteiger partial charge in [0, 0.05) is 12.6 Å². The second kappa shape index (κ2) is 9.35. The first kappa shape index (κ1) is 21.4. The fourth-order valence-electron chi connectivity index (χ4n) is 3.56. The highest BCUT2D eigenvalue weighted by Crippen LogP contribution is 2.28. The molecule has 1 amide bonds. The van der Waals surface area contributed by atoms with Gasteiger partial charge in [-0.2, -0.15) is 0 Å². The number of carbonyl (C=O) groups is 2. The predicted octanol–water partition coefficient (Wildman–Crippen LogP) is 2.40. The van der Waals surface area contributed by atoms with Crippen molar-refractivity contribution in [3.63, 3.8) is 0 Å². The molecule has 1 saturated heterocycles. The van der Waals surface area contributed by atoms with E-state index in [1.54, 1.807) is 6.92 Å². The molecule has 1 aliphatic heterocycles. The summed E-state index contributed by atoms with van der Waals surface area (Å²) in [4.78, 5) is 26.7. The number of hydrogen-bond acceptors (Lipinski definition) is 5. The molecule has 0 spiro atoms. The summed E-state index contributed by atoms with van der Waals surface area (Å²) in [5.41, 5.74) is 0.874. The van der Waals surface area contributed by atoms with Crippen molar-refractivity contribution < 1.29 is 22.7 Å². The fraction of sp³-hybridized carbons (Fsp3) is 0.600. The molecule has 7 heteroatoms. The van der Waals surface area contributed by atoms with Crippen molar-refractivity contribution in [1.82, 2.24) is 4.90 Å². The maximum absolute atomic E-state index is 12.7. The Labute approximate surface area is 161 Å². The maximum Gasteiger partial charge on any atom is 0.314 e. The molecule has 0 aromatic heterocycles. The van der Waals surface area contributed by atoms with E-state index in [0.29, 0.717) is 13.0 Å². The average molecular weight is 396 g/mol. The molecule has 150 valence electrons. The molecule has 1 aromatic carbocycles. The smallest absolute Gasteiger partial charge is 0.314 e. The van der Waals surface area contributed by atoms with Gasteiger partial charge in [0.15, 0.2) is 16.4 Å². The Balaban J connectivity index is 2.02. The van der Waals surface area contributed by atoms with Crippen LogP contribution in [0, 0.1) is 5.92 Å². The predicted molar refractivity (Wildman–Crippen MR) is 104 cm³/mol. The van der Waals surface area contributed by atoms with E-state index < -0.39 is 21.7 Å². The monoisotopic (exact) mass is 395 g/mol. The minimum Gasteiger partial charge on any atom is -0.455 e. The Hall–Kier alpha value is -1.89. The molecule has 27 heavy (non-hydrogen) atoms. The Morgan fingerprint density at radius 2 is 1.89 bits per heavy atom. The lowest BCUT2D eigenvalue weighted by molar-refractivity contribution is -0.155. The zero-order valence-corrected chi connectivity index (χ0v) is 17.1. The summed E-state index contributed by atoms with van der Waals surface area (Å²) in [6, 6.07) is 9.10. The number of esters is 1. The van der Waals surface area contributed by atoms with Crippen LogP contribution in [0.25, 0.3) is 0 Å². The second-order valence-electron chi connectivity index (χ2n) is 7.12. The van der Waals surface area contributed by atoms with Crippen LogP contribution in [0.4, 0.5) is 0 Å². The van der Waals surface area contributed by atoms with Gasteiger partial charge in [-0.15, -0.1) is 0 Å². The highest BCUT2D eigenvalue weighted by atomic mass is 32.2. The van der Waals surface area contributed by atoms with Crippen LogP contribution in [-0.2, 0) is 24.2 Å². The lowest BCUT2D eigenvalue weighted by Gasteiger charge is -2.27. The third-order valence-electron chi connectivity index (χ3n) is 5.27. The number of hydrogen-bond donors (Lipinski definition) is 0. The van der Waals surface area contributed by atoms with Crippen molar-refractivity contribution in [2.75, 3.05) is 24.7 Å². The van der Waals surface area contributed by atoms with Gasteiger partial charge in [0.1, 0.15) is 0 Å². The first-order valence-corrected chi connectivity index (χ1v) is 11.3. The number of sulfone groups is 1. The summed E-state index contributed by atoms with van der Waals surface area (Å²) < 4.78 is 28.7. The van der Waals surface area contributed by atoms with Crippen LogP contribution in [0.3, 0.4) is 0 Å². The number of ether oxygens (including phenoxy) is 1.